The highest BCUT2D eigenvalue weighted by atomic mass is 19.1. The number of cyclic esters (lactones) is 1. The minimum Gasteiger partial charge on any atom is -0.422 e. The van der Waals surface area contributed by atoms with Gasteiger partial charge in [0.1, 0.15) is 11.6 Å². The first-order valence-corrected chi connectivity index (χ1v) is 9.37. The molecule has 1 atom stereocenters. The molecule has 148 valence electrons. The maximum absolute atomic E-state index is 14.8. The van der Waals surface area contributed by atoms with Gasteiger partial charge in [0, 0.05) is 11.1 Å². The molecule has 0 saturated carbocycles. The normalized spacial score (nSPS) is 21.0. The molecule has 5 rings (SSSR count). The Morgan fingerprint density at radius 1 is 0.967 bits per heavy atom. The van der Waals surface area contributed by atoms with Crippen molar-refractivity contribution in [2.75, 3.05) is 4.90 Å². The summed E-state index contributed by atoms with van der Waals surface area (Å²) in [5.41, 5.74) is 0.757. The molecule has 0 aliphatic carbocycles. The predicted octanol–water partition coefficient (Wildman–Crippen LogP) is 4.38. The minimum absolute atomic E-state index is 0.0113. The summed E-state index contributed by atoms with van der Waals surface area (Å²) in [6.45, 7) is 1.40. The molecule has 1 amide bonds. The number of ether oxygens (including phenoxy) is 1. The van der Waals surface area contributed by atoms with Crippen molar-refractivity contribution in [3.63, 3.8) is 0 Å². The number of hydrogen-bond acceptors (Lipinski definition) is 4. The smallest absolute Gasteiger partial charge is 0.344 e. The molecule has 2 aliphatic rings. The largest absolute Gasteiger partial charge is 0.422 e. The minimum atomic E-state index is -1.75. The van der Waals surface area contributed by atoms with E-state index < -0.39 is 23.3 Å². The number of aliphatic hydroxyl groups is 1. The van der Waals surface area contributed by atoms with Gasteiger partial charge >= 0.3 is 5.97 Å². The van der Waals surface area contributed by atoms with Crippen LogP contribution >= 0.6 is 0 Å². The maximum Gasteiger partial charge on any atom is 0.344 e. The number of anilines is 2. The zero-order valence-electron chi connectivity index (χ0n) is 15.9. The first kappa shape index (κ1) is 18.3. The van der Waals surface area contributed by atoms with Crippen molar-refractivity contribution in [3.05, 3.63) is 94.8 Å². The Morgan fingerprint density at radius 2 is 1.67 bits per heavy atom. The van der Waals surface area contributed by atoms with Gasteiger partial charge < -0.3 is 9.84 Å². The number of halogens is 1. The zero-order chi connectivity index (χ0) is 21.0. The topological polar surface area (TPSA) is 66.8 Å². The molecule has 1 unspecified atom stereocenters. The monoisotopic (exact) mass is 401 g/mol. The fourth-order valence-corrected chi connectivity index (χ4v) is 3.90. The van der Waals surface area contributed by atoms with Gasteiger partial charge in [-0.25, -0.2) is 9.18 Å². The van der Waals surface area contributed by atoms with Crippen LogP contribution < -0.4 is 4.90 Å². The van der Waals surface area contributed by atoms with Gasteiger partial charge in [-0.3, -0.25) is 9.69 Å². The lowest BCUT2D eigenvalue weighted by atomic mass is 9.98. The summed E-state index contributed by atoms with van der Waals surface area (Å²) < 4.78 is 20.1. The average molecular weight is 401 g/mol. The molecule has 0 radical (unpaired) electrons. The molecule has 30 heavy (non-hydrogen) atoms. The van der Waals surface area contributed by atoms with Crippen LogP contribution in [0, 0.1) is 5.82 Å². The Labute approximate surface area is 171 Å². The lowest BCUT2D eigenvalue weighted by molar-refractivity contribution is -0.133. The molecule has 6 heteroatoms. The number of hydrogen-bond donors (Lipinski definition) is 1. The van der Waals surface area contributed by atoms with Gasteiger partial charge in [0.25, 0.3) is 5.91 Å². The van der Waals surface area contributed by atoms with E-state index in [1.165, 1.54) is 30.0 Å². The summed E-state index contributed by atoms with van der Waals surface area (Å²) in [6.07, 6.45) is 1.62. The summed E-state index contributed by atoms with van der Waals surface area (Å²) in [5, 5.41) is 10.7. The van der Waals surface area contributed by atoms with E-state index in [1.807, 2.05) is 0 Å². The van der Waals surface area contributed by atoms with E-state index in [0.29, 0.717) is 33.7 Å². The van der Waals surface area contributed by atoms with Crippen LogP contribution in [-0.4, -0.2) is 17.0 Å². The van der Waals surface area contributed by atoms with Crippen LogP contribution in [0.4, 0.5) is 15.8 Å². The van der Waals surface area contributed by atoms with Gasteiger partial charge in [0.15, 0.2) is 5.60 Å². The third kappa shape index (κ3) is 2.58. The first-order chi connectivity index (χ1) is 14.4. The SMILES string of the molecule is CC1(O)C(=O)N(c2cc(C=C3OC(=O)c4ccccc43)ccc2F)c2ccccc21. The van der Waals surface area contributed by atoms with Gasteiger partial charge in [0.2, 0.25) is 0 Å². The van der Waals surface area contributed by atoms with E-state index >= 15 is 0 Å². The number of para-hydroxylation sites is 1. The highest BCUT2D eigenvalue weighted by molar-refractivity contribution is 6.12. The van der Waals surface area contributed by atoms with E-state index in [9.17, 15) is 19.1 Å². The van der Waals surface area contributed by atoms with Gasteiger partial charge in [-0.2, -0.15) is 0 Å². The fraction of sp³-hybridized carbons (Fsp3) is 0.0833. The number of amides is 1. The van der Waals surface area contributed by atoms with Crippen LogP contribution in [0.1, 0.15) is 34.0 Å². The van der Waals surface area contributed by atoms with Crippen molar-refractivity contribution in [1.82, 2.24) is 0 Å². The van der Waals surface area contributed by atoms with Crippen LogP contribution in [0.25, 0.3) is 11.8 Å². The highest BCUT2D eigenvalue weighted by Crippen LogP contribution is 2.45. The van der Waals surface area contributed by atoms with Gasteiger partial charge in [-0.05, 0) is 42.8 Å². The number of fused-ring (bicyclic) bond motifs is 2. The Morgan fingerprint density at radius 3 is 2.47 bits per heavy atom. The molecular weight excluding hydrogens is 385 g/mol. The quantitative estimate of drug-likeness (QED) is 0.647. The van der Waals surface area contributed by atoms with E-state index in [-0.39, 0.29) is 5.69 Å². The second kappa shape index (κ2) is 6.37. The molecule has 2 heterocycles. The molecule has 1 N–H and O–H groups in total. The van der Waals surface area contributed by atoms with Crippen molar-refractivity contribution < 1.29 is 23.8 Å². The second-order valence-corrected chi connectivity index (χ2v) is 7.38. The Hall–Kier alpha value is -3.77. The van der Waals surface area contributed by atoms with Gasteiger partial charge in [-0.15, -0.1) is 0 Å². The zero-order valence-corrected chi connectivity index (χ0v) is 15.9. The molecule has 0 aromatic heterocycles. The number of rotatable bonds is 2. The first-order valence-electron chi connectivity index (χ1n) is 9.37. The molecule has 3 aromatic rings. The highest BCUT2D eigenvalue weighted by Gasteiger charge is 2.47. The molecule has 0 bridgehead atoms. The summed E-state index contributed by atoms with van der Waals surface area (Å²) in [4.78, 5) is 26.1. The van der Waals surface area contributed by atoms with Crippen LogP contribution in [0.3, 0.4) is 0 Å². The summed E-state index contributed by atoms with van der Waals surface area (Å²) in [5.74, 6) is -1.33. The van der Waals surface area contributed by atoms with E-state index in [1.54, 1.807) is 54.6 Å². The van der Waals surface area contributed by atoms with E-state index in [0.717, 1.165) is 0 Å². The average Bonchev–Trinajstić information content (AvgIpc) is 3.16. The molecule has 2 aliphatic heterocycles. The predicted molar refractivity (Wildman–Crippen MR) is 109 cm³/mol. The van der Waals surface area contributed by atoms with E-state index in [4.69, 9.17) is 4.74 Å². The Balaban J connectivity index is 1.61. The summed E-state index contributed by atoms with van der Waals surface area (Å²) in [7, 11) is 0. The maximum atomic E-state index is 14.8. The van der Waals surface area contributed by atoms with Crippen LogP contribution in [-0.2, 0) is 15.1 Å². The summed E-state index contributed by atoms with van der Waals surface area (Å²) >= 11 is 0. The molecule has 3 aromatic carbocycles. The third-order valence-corrected chi connectivity index (χ3v) is 5.41. The number of esters is 1. The summed E-state index contributed by atoms with van der Waals surface area (Å²) in [6, 6.07) is 18.0. The van der Waals surface area contributed by atoms with E-state index in [2.05, 4.69) is 0 Å². The second-order valence-electron chi connectivity index (χ2n) is 7.38. The lowest BCUT2D eigenvalue weighted by Gasteiger charge is -2.20. The van der Waals surface area contributed by atoms with Gasteiger partial charge in [0.05, 0.1) is 16.9 Å². The van der Waals surface area contributed by atoms with Gasteiger partial charge in [-0.1, -0.05) is 42.5 Å². The Bertz CT molecular complexity index is 1260. The number of nitrogens with zero attached hydrogens (tertiary/aromatic N) is 1. The number of carbonyl (C=O) groups excluding carboxylic acids is 2. The number of carbonyl (C=O) groups is 2. The lowest BCUT2D eigenvalue weighted by Crippen LogP contribution is -2.35. The molecule has 0 spiro atoms. The fourth-order valence-electron chi connectivity index (χ4n) is 3.90. The van der Waals surface area contributed by atoms with Crippen molar-refractivity contribution >= 4 is 35.1 Å². The van der Waals surface area contributed by atoms with Crippen LogP contribution in [0.15, 0.2) is 66.7 Å². The molecule has 0 saturated heterocycles. The third-order valence-electron chi connectivity index (χ3n) is 5.41. The molecule has 0 fully saturated rings. The van der Waals surface area contributed by atoms with Crippen molar-refractivity contribution in [1.29, 1.82) is 0 Å². The van der Waals surface area contributed by atoms with Crippen molar-refractivity contribution in [2.24, 2.45) is 0 Å². The van der Waals surface area contributed by atoms with Crippen LogP contribution in [0.2, 0.25) is 0 Å². The molecule has 5 nitrogen and oxygen atoms in total. The Kier molecular flexibility index (Phi) is 3.88. The van der Waals surface area contributed by atoms with Crippen molar-refractivity contribution in [3.8, 4) is 0 Å². The van der Waals surface area contributed by atoms with Crippen molar-refractivity contribution in [2.45, 2.75) is 12.5 Å². The number of benzene rings is 3. The molecular formula is C24H16FNO4. The van der Waals surface area contributed by atoms with Crippen LogP contribution in [0.5, 0.6) is 0 Å². The standard InChI is InChI=1S/C24H16FNO4/c1-24(29)17-8-4-5-9-19(17)26(23(24)28)20-12-14(10-11-18(20)25)13-21-15-6-2-3-7-16(15)22(27)30-21/h2-13,29H,1H3.